The summed E-state index contributed by atoms with van der Waals surface area (Å²) in [7, 11) is 0. The molecule has 1 aliphatic heterocycles. The quantitative estimate of drug-likeness (QED) is 0.723. The van der Waals surface area contributed by atoms with Crippen LogP contribution in [0.15, 0.2) is 47.5 Å². The van der Waals surface area contributed by atoms with Gasteiger partial charge in [-0.1, -0.05) is 43.3 Å². The number of nitrogens with zero attached hydrogens (tertiary/aromatic N) is 1. The van der Waals surface area contributed by atoms with Crippen molar-refractivity contribution in [2.75, 3.05) is 0 Å². The predicted octanol–water partition coefficient (Wildman–Crippen LogP) is 5.04. The lowest BCUT2D eigenvalue weighted by Crippen LogP contribution is -2.48. The molecule has 0 saturated carbocycles. The largest absolute Gasteiger partial charge is 0.387 e. The number of halogens is 4. The van der Waals surface area contributed by atoms with E-state index in [0.29, 0.717) is 12.0 Å². The van der Waals surface area contributed by atoms with Crippen LogP contribution in [0.2, 0.25) is 0 Å². The molecule has 0 unspecified atom stereocenters. The third-order valence-electron chi connectivity index (χ3n) is 5.56. The van der Waals surface area contributed by atoms with Crippen LogP contribution in [0, 0.1) is 17.6 Å². The fraction of sp³-hybridized carbons (Fsp3) is 0.364. The average Bonchev–Trinajstić information content (AvgIpc) is 2.63. The number of alkyl halides is 2. The van der Waals surface area contributed by atoms with Gasteiger partial charge in [0, 0.05) is 18.1 Å². The smallest absolute Gasteiger partial charge is 0.270 e. The first kappa shape index (κ1) is 21.0. The molecule has 2 aromatic carbocycles. The van der Waals surface area contributed by atoms with Crippen molar-refractivity contribution in [1.29, 1.82) is 0 Å². The van der Waals surface area contributed by atoms with Gasteiger partial charge in [0.25, 0.3) is 5.92 Å². The molecule has 1 heterocycles. The summed E-state index contributed by atoms with van der Waals surface area (Å²) in [6, 6.07) is 8.95. The maximum atomic E-state index is 14.7. The summed E-state index contributed by atoms with van der Waals surface area (Å²) < 4.78 is 55.8. The highest BCUT2D eigenvalue weighted by Gasteiger charge is 2.49. The number of carbonyl (C=O) groups is 1. The third kappa shape index (κ3) is 3.54. The minimum Gasteiger partial charge on any atom is -0.387 e. The fourth-order valence-electron chi connectivity index (χ4n) is 4.01. The van der Waals surface area contributed by atoms with Crippen molar-refractivity contribution < 1.29 is 22.4 Å². The summed E-state index contributed by atoms with van der Waals surface area (Å²) in [5, 5.41) is 0. The van der Waals surface area contributed by atoms with Crippen LogP contribution in [-0.4, -0.2) is 11.6 Å². The highest BCUT2D eigenvalue weighted by molar-refractivity contribution is 6.08. The second-order valence-electron chi connectivity index (χ2n) is 7.59. The van der Waals surface area contributed by atoms with Crippen LogP contribution in [0.4, 0.5) is 17.6 Å². The maximum absolute atomic E-state index is 14.7. The first-order valence-electron chi connectivity index (χ1n) is 9.32. The van der Waals surface area contributed by atoms with Crippen molar-refractivity contribution in [2.45, 2.75) is 44.6 Å². The maximum Gasteiger partial charge on any atom is 0.270 e. The Morgan fingerprint density at radius 2 is 1.76 bits per heavy atom. The Labute approximate surface area is 166 Å². The Kier molecular flexibility index (Phi) is 5.28. The molecule has 154 valence electrons. The minimum atomic E-state index is -3.04. The molecule has 7 heteroatoms. The number of benzene rings is 2. The van der Waals surface area contributed by atoms with Crippen LogP contribution in [-0.2, 0) is 16.3 Å². The van der Waals surface area contributed by atoms with E-state index in [1.807, 2.05) is 0 Å². The van der Waals surface area contributed by atoms with Crippen molar-refractivity contribution in [3.05, 3.63) is 70.8 Å². The van der Waals surface area contributed by atoms with Gasteiger partial charge in [0.1, 0.15) is 11.4 Å². The van der Waals surface area contributed by atoms with Crippen molar-refractivity contribution >= 4 is 11.6 Å². The molecule has 3 nitrogen and oxygen atoms in total. The molecule has 0 amide bonds. The standard InChI is InChI=1S/C22H22F4N2O/c1-4-14-19(29)17(12-8-10-13(11-9-12)22(3,25)26)21(2,28-20(14)27)15-6-5-7-16(23)18(15)24/h5-11,14,17H,4H2,1-3H3,(H2,27,28)/t14-,17+,21-/m1/s1. The lowest BCUT2D eigenvalue weighted by molar-refractivity contribution is -0.124. The number of carbonyl (C=O) groups excluding carboxylic acids is 1. The van der Waals surface area contributed by atoms with E-state index >= 15 is 0 Å². The van der Waals surface area contributed by atoms with E-state index in [-0.39, 0.29) is 22.7 Å². The molecule has 0 bridgehead atoms. The zero-order valence-electron chi connectivity index (χ0n) is 16.3. The molecule has 2 N–H and O–H groups in total. The monoisotopic (exact) mass is 406 g/mol. The molecular formula is C22H22F4N2O. The Hall–Kier alpha value is -2.70. The number of hydrogen-bond donors (Lipinski definition) is 1. The van der Waals surface area contributed by atoms with Crippen LogP contribution in [0.25, 0.3) is 0 Å². The van der Waals surface area contributed by atoms with Gasteiger partial charge in [-0.2, -0.15) is 0 Å². The topological polar surface area (TPSA) is 55.5 Å². The van der Waals surface area contributed by atoms with Crippen LogP contribution in [0.5, 0.6) is 0 Å². The first-order valence-corrected chi connectivity index (χ1v) is 9.32. The molecular weight excluding hydrogens is 384 g/mol. The van der Waals surface area contributed by atoms with Crippen LogP contribution < -0.4 is 5.73 Å². The molecule has 0 spiro atoms. The summed E-state index contributed by atoms with van der Waals surface area (Å²) in [6.45, 7) is 4.06. The summed E-state index contributed by atoms with van der Waals surface area (Å²) in [6.07, 6.45) is 0.386. The number of amidine groups is 1. The van der Waals surface area contributed by atoms with Gasteiger partial charge < -0.3 is 5.73 Å². The third-order valence-corrected chi connectivity index (χ3v) is 5.56. The molecule has 2 aromatic rings. The number of Topliss-reactive ketones (excluding diaryl/α,β-unsaturated/α-hetero) is 1. The molecule has 29 heavy (non-hydrogen) atoms. The van der Waals surface area contributed by atoms with Crippen molar-refractivity contribution in [2.24, 2.45) is 16.6 Å². The van der Waals surface area contributed by atoms with Crippen molar-refractivity contribution in [3.8, 4) is 0 Å². The normalized spacial score (nSPS) is 25.1. The van der Waals surface area contributed by atoms with Gasteiger partial charge in [-0.25, -0.2) is 17.6 Å². The van der Waals surface area contributed by atoms with Gasteiger partial charge in [0.05, 0.1) is 11.8 Å². The first-order chi connectivity index (χ1) is 13.5. The van der Waals surface area contributed by atoms with Gasteiger partial charge in [-0.15, -0.1) is 0 Å². The second-order valence-corrected chi connectivity index (χ2v) is 7.59. The Morgan fingerprint density at radius 1 is 1.14 bits per heavy atom. The Bertz CT molecular complexity index is 966. The number of aliphatic imine (C=N–C) groups is 1. The zero-order valence-corrected chi connectivity index (χ0v) is 16.3. The van der Waals surface area contributed by atoms with E-state index < -0.39 is 34.9 Å². The van der Waals surface area contributed by atoms with E-state index in [1.165, 1.54) is 43.3 Å². The predicted molar refractivity (Wildman–Crippen MR) is 103 cm³/mol. The minimum absolute atomic E-state index is 0.0524. The molecule has 0 saturated heterocycles. The Morgan fingerprint density at radius 3 is 2.31 bits per heavy atom. The molecule has 0 fully saturated rings. The van der Waals surface area contributed by atoms with Gasteiger partial charge in [0.2, 0.25) is 0 Å². The van der Waals surface area contributed by atoms with E-state index in [1.54, 1.807) is 6.92 Å². The van der Waals surface area contributed by atoms with Gasteiger partial charge in [0.15, 0.2) is 17.4 Å². The average molecular weight is 406 g/mol. The molecule has 1 aliphatic rings. The van der Waals surface area contributed by atoms with Crippen LogP contribution >= 0.6 is 0 Å². The summed E-state index contributed by atoms with van der Waals surface area (Å²) in [4.78, 5) is 17.7. The number of nitrogens with two attached hydrogens (primary N) is 1. The zero-order chi connectivity index (χ0) is 21.6. The van der Waals surface area contributed by atoms with E-state index in [4.69, 9.17) is 5.73 Å². The summed E-state index contributed by atoms with van der Waals surface area (Å²) in [5.41, 5.74) is 4.57. The van der Waals surface area contributed by atoms with E-state index in [0.717, 1.165) is 13.0 Å². The van der Waals surface area contributed by atoms with Gasteiger partial charge in [-0.3, -0.25) is 9.79 Å². The van der Waals surface area contributed by atoms with E-state index in [9.17, 15) is 22.4 Å². The lowest BCUT2D eigenvalue weighted by atomic mass is 9.68. The number of hydrogen-bond acceptors (Lipinski definition) is 3. The molecule has 0 aromatic heterocycles. The van der Waals surface area contributed by atoms with Gasteiger partial charge in [-0.05, 0) is 25.0 Å². The fourth-order valence-corrected chi connectivity index (χ4v) is 4.01. The summed E-state index contributed by atoms with van der Waals surface area (Å²) >= 11 is 0. The molecule has 3 rings (SSSR count). The van der Waals surface area contributed by atoms with Crippen LogP contribution in [0.3, 0.4) is 0 Å². The summed E-state index contributed by atoms with van der Waals surface area (Å²) in [5.74, 6) is -7.16. The lowest BCUT2D eigenvalue weighted by Gasteiger charge is -2.40. The van der Waals surface area contributed by atoms with Crippen molar-refractivity contribution in [3.63, 3.8) is 0 Å². The van der Waals surface area contributed by atoms with Gasteiger partial charge >= 0.3 is 0 Å². The highest BCUT2D eigenvalue weighted by atomic mass is 19.3. The van der Waals surface area contributed by atoms with E-state index in [2.05, 4.69) is 4.99 Å². The van der Waals surface area contributed by atoms with Crippen molar-refractivity contribution in [1.82, 2.24) is 0 Å². The molecule has 0 radical (unpaired) electrons. The molecule has 3 atom stereocenters. The molecule has 0 aliphatic carbocycles. The second kappa shape index (κ2) is 7.28. The number of ketones is 1. The number of rotatable bonds is 4. The highest BCUT2D eigenvalue weighted by Crippen LogP contribution is 2.47. The Balaban J connectivity index is 2.22. The SMILES string of the molecule is CC[C@@H]1C(=O)[C@H](c2ccc(C(C)(F)F)cc2)[C@@](C)(c2cccc(F)c2F)N=C1N. The van der Waals surface area contributed by atoms with Crippen LogP contribution in [0.1, 0.15) is 49.8 Å².